The van der Waals surface area contributed by atoms with Crippen molar-refractivity contribution in [2.45, 2.75) is 23.3 Å². The third kappa shape index (κ3) is 4.76. The molecule has 0 atom stereocenters. The van der Waals surface area contributed by atoms with E-state index in [2.05, 4.69) is 5.32 Å². The fourth-order valence-corrected chi connectivity index (χ4v) is 4.69. The summed E-state index contributed by atoms with van der Waals surface area (Å²) >= 11 is 5.70. The van der Waals surface area contributed by atoms with Gasteiger partial charge < -0.3 is 15.5 Å². The van der Waals surface area contributed by atoms with E-state index in [0.717, 1.165) is 6.07 Å². The summed E-state index contributed by atoms with van der Waals surface area (Å²) in [6.07, 6.45) is 0.239. The number of aliphatic hydroxyl groups is 2. The number of piperidine rings is 1. The monoisotopic (exact) mass is 442 g/mol. The first-order valence-corrected chi connectivity index (χ1v) is 10.7. The Bertz CT molecular complexity index is 1020. The van der Waals surface area contributed by atoms with E-state index in [9.17, 15) is 27.8 Å². The third-order valence-corrected chi connectivity index (χ3v) is 7.04. The van der Waals surface area contributed by atoms with E-state index in [1.54, 1.807) is 0 Å². The number of benzene rings is 2. The number of carbonyl (C=O) groups is 1. The van der Waals surface area contributed by atoms with Crippen LogP contribution in [0.4, 0.5) is 10.1 Å². The van der Waals surface area contributed by atoms with E-state index in [1.165, 1.54) is 40.7 Å². The third-order valence-electron chi connectivity index (χ3n) is 4.86. The highest BCUT2D eigenvalue weighted by Crippen LogP contribution is 2.27. The molecule has 1 aliphatic rings. The number of nitrogens with zero attached hydrogens (tertiary/aromatic N) is 1. The quantitative estimate of drug-likeness (QED) is 0.658. The zero-order valence-electron chi connectivity index (χ0n) is 15.3. The van der Waals surface area contributed by atoms with Crippen molar-refractivity contribution in [1.82, 2.24) is 4.31 Å². The van der Waals surface area contributed by atoms with Gasteiger partial charge in [-0.15, -0.1) is 0 Å². The van der Waals surface area contributed by atoms with Crippen LogP contribution in [0.25, 0.3) is 0 Å². The van der Waals surface area contributed by atoms with Crippen LogP contribution in [0.2, 0.25) is 5.02 Å². The predicted molar refractivity (Wildman–Crippen MR) is 106 cm³/mol. The molecule has 1 saturated heterocycles. The topological polar surface area (TPSA) is 107 Å². The highest BCUT2D eigenvalue weighted by atomic mass is 35.5. The fourth-order valence-electron chi connectivity index (χ4n) is 3.02. The largest absolute Gasteiger partial charge is 0.393 e. The molecule has 156 valence electrons. The lowest BCUT2D eigenvalue weighted by Crippen LogP contribution is -2.48. The van der Waals surface area contributed by atoms with Gasteiger partial charge in [-0.25, -0.2) is 12.8 Å². The fraction of sp³-hybridized carbons (Fsp3) is 0.316. The van der Waals surface area contributed by atoms with Crippen LogP contribution < -0.4 is 5.32 Å². The molecule has 1 heterocycles. The first-order valence-electron chi connectivity index (χ1n) is 8.84. The molecule has 0 bridgehead atoms. The number of hydrogen-bond donors (Lipinski definition) is 3. The van der Waals surface area contributed by atoms with Crippen molar-refractivity contribution >= 4 is 33.2 Å². The lowest BCUT2D eigenvalue weighted by Gasteiger charge is -2.36. The number of hydrogen-bond acceptors (Lipinski definition) is 5. The molecule has 10 heteroatoms. The number of aliphatic hydroxyl groups excluding tert-OH is 1. The van der Waals surface area contributed by atoms with Crippen molar-refractivity contribution < 1.29 is 27.8 Å². The summed E-state index contributed by atoms with van der Waals surface area (Å²) < 4.78 is 40.2. The van der Waals surface area contributed by atoms with E-state index in [0.29, 0.717) is 0 Å². The second-order valence-corrected chi connectivity index (χ2v) is 9.24. The average Bonchev–Trinajstić information content (AvgIpc) is 2.71. The van der Waals surface area contributed by atoms with Crippen molar-refractivity contribution in [2.75, 3.05) is 25.0 Å². The molecule has 2 aromatic carbocycles. The number of carbonyl (C=O) groups excluding carboxylic acids is 1. The molecule has 1 aliphatic heterocycles. The Hall–Kier alpha value is -2.04. The first kappa shape index (κ1) is 21.7. The van der Waals surface area contributed by atoms with Gasteiger partial charge in [0, 0.05) is 24.3 Å². The van der Waals surface area contributed by atoms with Gasteiger partial charge in [0.05, 0.1) is 22.1 Å². The average molecular weight is 443 g/mol. The van der Waals surface area contributed by atoms with Crippen LogP contribution in [-0.4, -0.2) is 54.1 Å². The van der Waals surface area contributed by atoms with Gasteiger partial charge >= 0.3 is 0 Å². The maximum absolute atomic E-state index is 13.2. The number of sulfonamides is 1. The van der Waals surface area contributed by atoms with E-state index in [4.69, 9.17) is 11.6 Å². The predicted octanol–water partition coefficient (Wildman–Crippen LogP) is 2.24. The smallest absolute Gasteiger partial charge is 0.255 e. The summed E-state index contributed by atoms with van der Waals surface area (Å²) in [5, 5.41) is 21.7. The van der Waals surface area contributed by atoms with E-state index in [1.807, 2.05) is 0 Å². The van der Waals surface area contributed by atoms with Crippen LogP contribution in [0.1, 0.15) is 23.2 Å². The van der Waals surface area contributed by atoms with Gasteiger partial charge in [0.15, 0.2) is 0 Å². The van der Waals surface area contributed by atoms with Crippen LogP contribution >= 0.6 is 11.6 Å². The molecule has 0 radical (unpaired) electrons. The SMILES string of the molecule is O=C(Nc1ccc(F)c(Cl)c1)c1cccc(S(=O)(=O)N2CCC(O)(CO)CC2)c1. The minimum absolute atomic E-state index is 0.0586. The molecule has 0 spiro atoms. The summed E-state index contributed by atoms with van der Waals surface area (Å²) in [6.45, 7) is -0.308. The van der Waals surface area contributed by atoms with Crippen molar-refractivity contribution in [3.63, 3.8) is 0 Å². The molecule has 29 heavy (non-hydrogen) atoms. The van der Waals surface area contributed by atoms with Crippen LogP contribution in [0, 0.1) is 5.82 Å². The van der Waals surface area contributed by atoms with Crippen molar-refractivity contribution in [2.24, 2.45) is 0 Å². The molecule has 7 nitrogen and oxygen atoms in total. The molecular weight excluding hydrogens is 423 g/mol. The zero-order valence-corrected chi connectivity index (χ0v) is 16.9. The molecule has 2 aromatic rings. The maximum atomic E-state index is 13.2. The van der Waals surface area contributed by atoms with Crippen molar-refractivity contribution in [3.05, 3.63) is 58.9 Å². The second kappa shape index (κ2) is 8.37. The number of halogens is 2. The molecule has 0 unspecified atom stereocenters. The Morgan fingerprint density at radius 3 is 2.52 bits per heavy atom. The standard InChI is InChI=1S/C19H20ClFN2O5S/c20-16-11-14(4-5-17(16)21)22-18(25)13-2-1-3-15(10-13)29(27,28)23-8-6-19(26,12-24)7-9-23/h1-5,10-11,24,26H,6-9,12H2,(H,22,25). The highest BCUT2D eigenvalue weighted by Gasteiger charge is 2.36. The van der Waals surface area contributed by atoms with Crippen molar-refractivity contribution in [1.29, 1.82) is 0 Å². The summed E-state index contributed by atoms with van der Waals surface area (Å²) in [7, 11) is -3.87. The highest BCUT2D eigenvalue weighted by molar-refractivity contribution is 7.89. The van der Waals surface area contributed by atoms with Gasteiger partial charge in [-0.3, -0.25) is 4.79 Å². The van der Waals surface area contributed by atoms with Crippen LogP contribution in [0.5, 0.6) is 0 Å². The zero-order chi connectivity index (χ0) is 21.2. The first-order chi connectivity index (χ1) is 13.6. The van der Waals surface area contributed by atoms with Gasteiger partial charge in [0.1, 0.15) is 5.82 Å². The lowest BCUT2D eigenvalue weighted by atomic mass is 9.94. The lowest BCUT2D eigenvalue weighted by molar-refractivity contribution is -0.0480. The number of rotatable bonds is 5. The van der Waals surface area contributed by atoms with Gasteiger partial charge in [-0.2, -0.15) is 4.31 Å². The van der Waals surface area contributed by atoms with Gasteiger partial charge in [-0.1, -0.05) is 17.7 Å². The normalized spacial score (nSPS) is 17.1. The Kier molecular flexibility index (Phi) is 6.25. The second-order valence-electron chi connectivity index (χ2n) is 6.90. The summed E-state index contributed by atoms with van der Waals surface area (Å²) in [6, 6.07) is 9.26. The minimum Gasteiger partial charge on any atom is -0.393 e. The van der Waals surface area contributed by atoms with Crippen LogP contribution in [-0.2, 0) is 10.0 Å². The molecule has 3 N–H and O–H groups in total. The van der Waals surface area contributed by atoms with Crippen LogP contribution in [0.15, 0.2) is 47.4 Å². The molecule has 0 aliphatic carbocycles. The van der Waals surface area contributed by atoms with Gasteiger partial charge in [-0.05, 0) is 49.2 Å². The molecular formula is C19H20ClFN2O5S. The Balaban J connectivity index is 1.78. The Morgan fingerprint density at radius 2 is 1.90 bits per heavy atom. The molecule has 0 aromatic heterocycles. The number of nitrogens with one attached hydrogen (secondary N) is 1. The molecule has 1 fully saturated rings. The Morgan fingerprint density at radius 1 is 1.21 bits per heavy atom. The summed E-state index contributed by atoms with van der Waals surface area (Å²) in [4.78, 5) is 12.4. The van der Waals surface area contributed by atoms with E-state index in [-0.39, 0.29) is 47.1 Å². The van der Waals surface area contributed by atoms with Crippen molar-refractivity contribution in [3.8, 4) is 0 Å². The summed E-state index contributed by atoms with van der Waals surface area (Å²) in [5.74, 6) is -1.19. The number of amides is 1. The van der Waals surface area contributed by atoms with E-state index < -0.39 is 34.0 Å². The molecule has 3 rings (SSSR count). The molecule has 1 amide bonds. The summed E-state index contributed by atoms with van der Waals surface area (Å²) in [5.41, 5.74) is -0.895. The number of anilines is 1. The van der Waals surface area contributed by atoms with Gasteiger partial charge in [0.25, 0.3) is 5.91 Å². The Labute approximate surface area is 172 Å². The molecule has 0 saturated carbocycles. The minimum atomic E-state index is -3.87. The van der Waals surface area contributed by atoms with Gasteiger partial charge in [0.2, 0.25) is 10.0 Å². The maximum Gasteiger partial charge on any atom is 0.255 e. The van der Waals surface area contributed by atoms with E-state index >= 15 is 0 Å². The van der Waals surface area contributed by atoms with Crippen LogP contribution in [0.3, 0.4) is 0 Å².